The maximum atomic E-state index is 5.93. The van der Waals surface area contributed by atoms with Gasteiger partial charge in [-0.05, 0) is 67.1 Å². The van der Waals surface area contributed by atoms with Crippen LogP contribution in [0.5, 0.6) is 0 Å². The molecule has 0 radical (unpaired) electrons. The topological polar surface area (TPSA) is 25.1 Å². The summed E-state index contributed by atoms with van der Waals surface area (Å²) in [4.78, 5) is 0. The van der Waals surface area contributed by atoms with Crippen LogP contribution in [-0.2, 0) is 9.47 Å². The molecule has 5 fully saturated rings. The molecule has 21 heavy (non-hydrogen) atoms. The molecule has 0 N–H and O–H groups in total. The summed E-state index contributed by atoms with van der Waals surface area (Å²) in [6, 6.07) is 0. The van der Waals surface area contributed by atoms with E-state index in [9.17, 15) is 0 Å². The first-order chi connectivity index (χ1) is 10.1. The molecule has 0 aromatic rings. The number of hydrogen-bond donors (Lipinski definition) is 0. The summed E-state index contributed by atoms with van der Waals surface area (Å²) < 4.78 is 11.8. The number of fused-ring (bicyclic) bond motifs is 8. The average molecular weight is 286 g/mol. The van der Waals surface area contributed by atoms with Gasteiger partial charge in [-0.25, -0.2) is 0 Å². The fourth-order valence-corrected chi connectivity index (χ4v) is 7.23. The molecule has 114 valence electrons. The van der Waals surface area contributed by atoms with Crippen LogP contribution in [0.1, 0.15) is 52.4 Å². The van der Waals surface area contributed by atoms with Crippen LogP contribution in [-0.4, -0.2) is 24.4 Å². The lowest BCUT2D eigenvalue weighted by molar-refractivity contribution is -0.0533. The third-order valence-electron chi connectivity index (χ3n) is 8.52. The van der Waals surface area contributed by atoms with E-state index in [-0.39, 0.29) is 0 Å². The molecule has 2 saturated heterocycles. The van der Waals surface area contributed by atoms with E-state index in [1.807, 2.05) is 0 Å². The van der Waals surface area contributed by atoms with Crippen molar-refractivity contribution in [2.45, 2.75) is 76.8 Å². The van der Waals surface area contributed by atoms with Gasteiger partial charge in [-0.2, -0.15) is 0 Å². The van der Waals surface area contributed by atoms with Gasteiger partial charge in [0.05, 0.1) is 24.4 Å². The molecule has 4 aliphatic carbocycles. The van der Waals surface area contributed by atoms with E-state index >= 15 is 0 Å². The highest BCUT2D eigenvalue weighted by Crippen LogP contribution is 2.69. The molecule has 6 rings (SSSR count). The Morgan fingerprint density at radius 3 is 2.90 bits per heavy atom. The van der Waals surface area contributed by atoms with Crippen LogP contribution in [0, 0.1) is 28.6 Å². The van der Waals surface area contributed by atoms with Crippen molar-refractivity contribution in [2.75, 3.05) is 0 Å². The minimum Gasteiger partial charge on any atom is -0.369 e. The highest BCUT2D eigenvalue weighted by atomic mass is 16.6. The Morgan fingerprint density at radius 2 is 2.00 bits per heavy atom. The first kappa shape index (κ1) is 12.1. The monoisotopic (exact) mass is 286 g/mol. The second-order valence-electron chi connectivity index (χ2n) is 9.26. The van der Waals surface area contributed by atoms with Crippen LogP contribution >= 0.6 is 0 Å². The van der Waals surface area contributed by atoms with Gasteiger partial charge in [-0.3, -0.25) is 0 Å². The van der Waals surface area contributed by atoms with Gasteiger partial charge in [0.25, 0.3) is 0 Å². The van der Waals surface area contributed by atoms with E-state index in [1.165, 1.54) is 38.5 Å². The molecular formula is C19H26O2. The summed E-state index contributed by atoms with van der Waals surface area (Å²) >= 11 is 0. The summed E-state index contributed by atoms with van der Waals surface area (Å²) in [5.74, 6) is 2.76. The van der Waals surface area contributed by atoms with Gasteiger partial charge in [0, 0.05) is 0 Å². The van der Waals surface area contributed by atoms with Crippen molar-refractivity contribution >= 4 is 0 Å². The summed E-state index contributed by atoms with van der Waals surface area (Å²) in [7, 11) is 0. The van der Waals surface area contributed by atoms with Gasteiger partial charge in [0.15, 0.2) is 0 Å². The molecule has 0 spiro atoms. The number of rotatable bonds is 0. The Morgan fingerprint density at radius 1 is 1.10 bits per heavy atom. The molecule has 0 aromatic carbocycles. The van der Waals surface area contributed by atoms with Crippen LogP contribution in [0.15, 0.2) is 11.6 Å². The van der Waals surface area contributed by atoms with E-state index in [0.717, 1.165) is 17.8 Å². The zero-order valence-corrected chi connectivity index (χ0v) is 13.2. The van der Waals surface area contributed by atoms with Gasteiger partial charge < -0.3 is 9.47 Å². The van der Waals surface area contributed by atoms with Crippen molar-refractivity contribution < 1.29 is 9.47 Å². The molecule has 2 nitrogen and oxygen atoms in total. The fraction of sp³-hybridized carbons (Fsp3) is 0.895. The second-order valence-corrected chi connectivity index (χ2v) is 9.26. The van der Waals surface area contributed by atoms with Gasteiger partial charge in [0.1, 0.15) is 0 Å². The predicted molar refractivity (Wildman–Crippen MR) is 79.8 cm³/mol. The van der Waals surface area contributed by atoms with Gasteiger partial charge in [0.2, 0.25) is 0 Å². The first-order valence-corrected chi connectivity index (χ1v) is 9.10. The van der Waals surface area contributed by atoms with Crippen LogP contribution in [0.4, 0.5) is 0 Å². The maximum absolute atomic E-state index is 5.93. The first-order valence-electron chi connectivity index (χ1n) is 9.10. The van der Waals surface area contributed by atoms with Crippen molar-refractivity contribution in [3.05, 3.63) is 11.6 Å². The largest absolute Gasteiger partial charge is 0.369 e. The number of hydrogen-bond acceptors (Lipinski definition) is 2. The highest BCUT2D eigenvalue weighted by molar-refractivity contribution is 5.29. The second kappa shape index (κ2) is 3.43. The normalized spacial score (nSPS) is 66.2. The van der Waals surface area contributed by atoms with E-state index in [0.29, 0.717) is 35.2 Å². The molecule has 0 aromatic heterocycles. The molecule has 3 saturated carbocycles. The molecular weight excluding hydrogens is 260 g/mol. The Balaban J connectivity index is 1.39. The van der Waals surface area contributed by atoms with Crippen LogP contribution in [0.2, 0.25) is 0 Å². The van der Waals surface area contributed by atoms with E-state index in [2.05, 4.69) is 19.9 Å². The number of allylic oxidation sites excluding steroid dienone is 1. The van der Waals surface area contributed by atoms with Crippen LogP contribution in [0.3, 0.4) is 0 Å². The molecule has 9 atom stereocenters. The fourth-order valence-electron chi connectivity index (χ4n) is 7.23. The lowest BCUT2D eigenvalue weighted by atomic mass is 9.48. The third-order valence-corrected chi connectivity index (χ3v) is 8.52. The van der Waals surface area contributed by atoms with Crippen molar-refractivity contribution in [3.8, 4) is 0 Å². The van der Waals surface area contributed by atoms with Crippen LogP contribution in [0.25, 0.3) is 0 Å². The summed E-state index contributed by atoms with van der Waals surface area (Å²) in [5, 5.41) is 0. The van der Waals surface area contributed by atoms with Crippen molar-refractivity contribution in [3.63, 3.8) is 0 Å². The number of epoxide rings is 2. The molecule has 0 bridgehead atoms. The van der Waals surface area contributed by atoms with Crippen molar-refractivity contribution in [1.82, 2.24) is 0 Å². The maximum Gasteiger partial charge on any atom is 0.0898 e. The molecule has 3 unspecified atom stereocenters. The predicted octanol–water partition coefficient (Wildman–Crippen LogP) is 3.70. The Labute approximate surface area is 127 Å². The Hall–Kier alpha value is -0.340. The Bertz CT molecular complexity index is 554. The summed E-state index contributed by atoms with van der Waals surface area (Å²) in [6.07, 6.45) is 13.1. The minimum absolute atomic E-state index is 0.454. The molecule has 2 heteroatoms. The summed E-state index contributed by atoms with van der Waals surface area (Å²) in [5.41, 5.74) is 2.71. The van der Waals surface area contributed by atoms with Gasteiger partial charge in [-0.1, -0.05) is 25.5 Å². The molecule has 6 aliphatic rings. The van der Waals surface area contributed by atoms with Crippen molar-refractivity contribution in [1.29, 1.82) is 0 Å². The minimum atomic E-state index is 0.454. The smallest absolute Gasteiger partial charge is 0.0898 e. The van der Waals surface area contributed by atoms with Crippen molar-refractivity contribution in [2.24, 2.45) is 28.6 Å². The molecule has 2 aliphatic heterocycles. The quantitative estimate of drug-likeness (QED) is 0.501. The summed E-state index contributed by atoms with van der Waals surface area (Å²) in [6.45, 7) is 5.11. The molecule has 2 heterocycles. The third kappa shape index (κ3) is 1.34. The van der Waals surface area contributed by atoms with Crippen LogP contribution < -0.4 is 0 Å². The lowest BCUT2D eigenvalue weighted by Gasteiger charge is -2.56. The zero-order valence-electron chi connectivity index (χ0n) is 13.2. The SMILES string of the molecule is C[C@]12C[C@@H]3O[C@@H]3CC1=CCC1C2CC[C@@]2(C)C1C[C@@H]1O[C@@H]12. The van der Waals surface area contributed by atoms with Gasteiger partial charge >= 0.3 is 0 Å². The average Bonchev–Trinajstić information content (AvgIpc) is 3.34. The standard InChI is InChI=1S/C19H26O2/c1-18-6-5-12-11(13(18)8-15-17(18)21-15)4-3-10-7-14-16(20-14)9-19(10,12)2/h3,11-17H,4-9H2,1-2H3/t11?,12?,13?,14-,15+,16+,17+,18+,19+/m1/s1. The Kier molecular flexibility index (Phi) is 1.98. The van der Waals surface area contributed by atoms with E-state index in [4.69, 9.17) is 9.47 Å². The van der Waals surface area contributed by atoms with Gasteiger partial charge in [-0.15, -0.1) is 0 Å². The zero-order chi connectivity index (χ0) is 14.0. The lowest BCUT2D eigenvalue weighted by Crippen LogP contribution is -2.50. The van der Waals surface area contributed by atoms with E-state index < -0.39 is 0 Å². The highest BCUT2D eigenvalue weighted by Gasteiger charge is 2.68. The van der Waals surface area contributed by atoms with E-state index in [1.54, 1.807) is 5.57 Å². The number of ether oxygens (including phenoxy) is 2. The molecule has 0 amide bonds.